The number of aromatic nitrogens is 1. The first-order valence-electron chi connectivity index (χ1n) is 5.74. The topological polar surface area (TPSA) is 25.2 Å². The van der Waals surface area contributed by atoms with Crippen molar-refractivity contribution < 1.29 is 5.11 Å². The van der Waals surface area contributed by atoms with Gasteiger partial charge in [-0.15, -0.1) is 0 Å². The molecule has 0 saturated carbocycles. The average molecular weight is 221 g/mol. The maximum Gasteiger partial charge on any atom is 0.141 e. The summed E-state index contributed by atoms with van der Waals surface area (Å²) in [6.07, 6.45) is 1.82. The summed E-state index contributed by atoms with van der Waals surface area (Å²) in [5, 5.41) is 10.9. The number of hydrogen-bond acceptors (Lipinski definition) is 1. The summed E-state index contributed by atoms with van der Waals surface area (Å²) in [6, 6.07) is 14.5. The molecule has 82 valence electrons. The first-order chi connectivity index (χ1) is 8.34. The Morgan fingerprint density at radius 3 is 2.71 bits per heavy atom. The highest BCUT2D eigenvalue weighted by Gasteiger charge is 2.19. The SMILES string of the molecule is Oc1cn2c3c(cccc13)-c1ccccc1C2. The standard InChI is InChI=1S/C15H11NO/c17-14-9-16-8-10-4-1-2-5-11(10)12-6-3-7-13(14)15(12)16/h1-7,9,17H,8H2. The van der Waals surface area contributed by atoms with E-state index in [9.17, 15) is 5.11 Å². The van der Waals surface area contributed by atoms with Gasteiger partial charge in [-0.3, -0.25) is 0 Å². The molecule has 2 heteroatoms. The number of aromatic hydroxyl groups is 1. The van der Waals surface area contributed by atoms with Crippen LogP contribution < -0.4 is 0 Å². The first kappa shape index (κ1) is 8.88. The molecule has 2 heterocycles. The van der Waals surface area contributed by atoms with E-state index in [4.69, 9.17) is 0 Å². The fourth-order valence-electron chi connectivity index (χ4n) is 2.79. The molecule has 0 fully saturated rings. The zero-order valence-corrected chi connectivity index (χ0v) is 9.22. The Labute approximate surface area is 98.7 Å². The Morgan fingerprint density at radius 1 is 0.941 bits per heavy atom. The number of para-hydroxylation sites is 1. The van der Waals surface area contributed by atoms with E-state index in [0.717, 1.165) is 17.4 Å². The van der Waals surface area contributed by atoms with E-state index >= 15 is 0 Å². The van der Waals surface area contributed by atoms with Gasteiger partial charge in [-0.2, -0.15) is 0 Å². The summed E-state index contributed by atoms with van der Waals surface area (Å²) in [6.45, 7) is 0.838. The van der Waals surface area contributed by atoms with Gasteiger partial charge in [0.05, 0.1) is 5.52 Å². The Hall–Kier alpha value is -2.22. The van der Waals surface area contributed by atoms with Crippen molar-refractivity contribution in [1.29, 1.82) is 0 Å². The van der Waals surface area contributed by atoms with Gasteiger partial charge in [0.25, 0.3) is 0 Å². The Morgan fingerprint density at radius 2 is 1.76 bits per heavy atom. The Bertz CT molecular complexity index is 740. The van der Waals surface area contributed by atoms with Crippen molar-refractivity contribution in [3.05, 3.63) is 54.2 Å². The quantitative estimate of drug-likeness (QED) is 0.484. The van der Waals surface area contributed by atoms with Crippen molar-refractivity contribution in [3.63, 3.8) is 0 Å². The molecule has 1 N–H and O–H groups in total. The number of hydrogen-bond donors (Lipinski definition) is 1. The molecule has 1 aliphatic heterocycles. The third kappa shape index (κ3) is 1.04. The fourth-order valence-corrected chi connectivity index (χ4v) is 2.79. The van der Waals surface area contributed by atoms with Crippen LogP contribution in [0.25, 0.3) is 22.0 Å². The molecule has 2 nitrogen and oxygen atoms in total. The monoisotopic (exact) mass is 221 g/mol. The molecule has 0 atom stereocenters. The Balaban J connectivity index is 2.21. The van der Waals surface area contributed by atoms with Gasteiger partial charge in [-0.05, 0) is 17.2 Å². The van der Waals surface area contributed by atoms with Crippen molar-refractivity contribution >= 4 is 10.9 Å². The van der Waals surface area contributed by atoms with Crippen LogP contribution in [0.15, 0.2) is 48.7 Å². The summed E-state index contributed by atoms with van der Waals surface area (Å²) in [7, 11) is 0. The van der Waals surface area contributed by atoms with E-state index < -0.39 is 0 Å². The molecular formula is C15H11NO. The van der Waals surface area contributed by atoms with Crippen LogP contribution in [0.1, 0.15) is 5.56 Å². The van der Waals surface area contributed by atoms with Gasteiger partial charge in [-0.1, -0.05) is 36.4 Å². The van der Waals surface area contributed by atoms with Crippen molar-refractivity contribution in [3.8, 4) is 16.9 Å². The van der Waals surface area contributed by atoms with Crippen LogP contribution in [-0.4, -0.2) is 9.67 Å². The molecule has 0 amide bonds. The fraction of sp³-hybridized carbons (Fsp3) is 0.0667. The summed E-state index contributed by atoms with van der Waals surface area (Å²) >= 11 is 0. The van der Waals surface area contributed by atoms with E-state index in [1.54, 1.807) is 0 Å². The smallest absolute Gasteiger partial charge is 0.141 e. The van der Waals surface area contributed by atoms with Crippen LogP contribution in [0.4, 0.5) is 0 Å². The molecular weight excluding hydrogens is 210 g/mol. The van der Waals surface area contributed by atoms with E-state index in [-0.39, 0.29) is 0 Å². The largest absolute Gasteiger partial charge is 0.506 e. The third-order valence-electron chi connectivity index (χ3n) is 3.53. The normalized spacial score (nSPS) is 12.7. The predicted molar refractivity (Wildman–Crippen MR) is 68.1 cm³/mol. The van der Waals surface area contributed by atoms with E-state index in [2.05, 4.69) is 34.9 Å². The highest BCUT2D eigenvalue weighted by atomic mass is 16.3. The number of fused-ring (bicyclic) bond motifs is 2. The van der Waals surface area contributed by atoms with E-state index in [1.807, 2.05) is 18.3 Å². The maximum atomic E-state index is 9.93. The second-order valence-corrected chi connectivity index (χ2v) is 4.50. The molecule has 3 aromatic rings. The molecule has 17 heavy (non-hydrogen) atoms. The van der Waals surface area contributed by atoms with Crippen LogP contribution in [0.3, 0.4) is 0 Å². The number of nitrogens with zero attached hydrogens (tertiary/aromatic N) is 1. The van der Waals surface area contributed by atoms with Gasteiger partial charge < -0.3 is 9.67 Å². The van der Waals surface area contributed by atoms with Crippen LogP contribution >= 0.6 is 0 Å². The van der Waals surface area contributed by atoms with Crippen LogP contribution in [0.2, 0.25) is 0 Å². The Kier molecular flexibility index (Phi) is 1.52. The van der Waals surface area contributed by atoms with Crippen molar-refractivity contribution in [1.82, 2.24) is 4.57 Å². The summed E-state index contributed by atoms with van der Waals surface area (Å²) in [5.41, 5.74) is 4.94. The van der Waals surface area contributed by atoms with Crippen molar-refractivity contribution in [2.45, 2.75) is 6.54 Å². The summed E-state index contributed by atoms with van der Waals surface area (Å²) in [5.74, 6) is 0.370. The van der Waals surface area contributed by atoms with Gasteiger partial charge in [0.1, 0.15) is 5.75 Å². The number of rotatable bonds is 0. The average Bonchev–Trinajstić information content (AvgIpc) is 2.68. The van der Waals surface area contributed by atoms with Crippen molar-refractivity contribution in [2.24, 2.45) is 0 Å². The second kappa shape index (κ2) is 2.92. The summed E-state index contributed by atoms with van der Waals surface area (Å²) in [4.78, 5) is 0. The lowest BCUT2D eigenvalue weighted by Gasteiger charge is -2.19. The van der Waals surface area contributed by atoms with E-state index in [1.165, 1.54) is 16.7 Å². The lowest BCUT2D eigenvalue weighted by Crippen LogP contribution is -2.05. The van der Waals surface area contributed by atoms with Crippen LogP contribution in [-0.2, 0) is 6.54 Å². The van der Waals surface area contributed by atoms with Gasteiger partial charge in [0.2, 0.25) is 0 Å². The zero-order chi connectivity index (χ0) is 11.4. The minimum Gasteiger partial charge on any atom is -0.506 e. The lowest BCUT2D eigenvalue weighted by molar-refractivity contribution is 0.479. The summed E-state index contributed by atoms with van der Waals surface area (Å²) < 4.78 is 2.13. The molecule has 0 aliphatic carbocycles. The molecule has 4 rings (SSSR count). The predicted octanol–water partition coefficient (Wildman–Crippen LogP) is 3.38. The molecule has 2 aromatic carbocycles. The van der Waals surface area contributed by atoms with Gasteiger partial charge >= 0.3 is 0 Å². The minimum absolute atomic E-state index is 0.370. The van der Waals surface area contributed by atoms with Gasteiger partial charge in [-0.25, -0.2) is 0 Å². The van der Waals surface area contributed by atoms with Gasteiger partial charge in [0, 0.05) is 23.7 Å². The van der Waals surface area contributed by atoms with Gasteiger partial charge in [0.15, 0.2) is 0 Å². The molecule has 1 aliphatic rings. The second-order valence-electron chi connectivity index (χ2n) is 4.50. The zero-order valence-electron chi connectivity index (χ0n) is 9.22. The number of benzene rings is 2. The van der Waals surface area contributed by atoms with E-state index in [0.29, 0.717) is 5.75 Å². The van der Waals surface area contributed by atoms with Crippen molar-refractivity contribution in [2.75, 3.05) is 0 Å². The molecule has 0 bridgehead atoms. The molecule has 0 saturated heterocycles. The minimum atomic E-state index is 0.370. The lowest BCUT2D eigenvalue weighted by atomic mass is 9.95. The highest BCUT2D eigenvalue weighted by Crippen LogP contribution is 2.39. The highest BCUT2D eigenvalue weighted by molar-refractivity contribution is 6.00. The first-order valence-corrected chi connectivity index (χ1v) is 5.74. The molecule has 0 radical (unpaired) electrons. The van der Waals surface area contributed by atoms with Crippen LogP contribution in [0, 0.1) is 0 Å². The molecule has 0 unspecified atom stereocenters. The molecule has 1 aromatic heterocycles. The third-order valence-corrected chi connectivity index (χ3v) is 3.53. The van der Waals surface area contributed by atoms with Crippen LogP contribution in [0.5, 0.6) is 5.75 Å². The molecule has 0 spiro atoms. The maximum absolute atomic E-state index is 9.93.